The summed E-state index contributed by atoms with van der Waals surface area (Å²) in [5, 5.41) is 3.54. The quantitative estimate of drug-likeness (QED) is 0.880. The highest BCUT2D eigenvalue weighted by Gasteiger charge is 2.38. The predicted octanol–water partition coefficient (Wildman–Crippen LogP) is 4.56. The van der Waals surface area contributed by atoms with Crippen LogP contribution in [0.15, 0.2) is 18.2 Å². The summed E-state index contributed by atoms with van der Waals surface area (Å²) in [5.74, 6) is 0.766. The Labute approximate surface area is 131 Å². The molecule has 1 aromatic rings. The Balaban J connectivity index is 1.79. The Morgan fingerprint density at radius 2 is 2.10 bits per heavy atom. The lowest BCUT2D eigenvalue weighted by Crippen LogP contribution is -2.40. The number of ether oxygens (including phenoxy) is 1. The molecule has 3 rings (SSSR count). The summed E-state index contributed by atoms with van der Waals surface area (Å²) in [4.78, 5) is 0. The smallest absolute Gasteiger partial charge is 0.145 e. The van der Waals surface area contributed by atoms with Gasteiger partial charge < -0.3 is 10.1 Å². The Kier molecular flexibility index (Phi) is 4.70. The van der Waals surface area contributed by atoms with Crippen molar-refractivity contribution >= 4 is 11.6 Å². The first-order chi connectivity index (χ1) is 10.2. The number of rotatable bonds is 4. The van der Waals surface area contributed by atoms with Gasteiger partial charge in [-0.1, -0.05) is 24.1 Å². The van der Waals surface area contributed by atoms with Gasteiger partial charge >= 0.3 is 0 Å². The summed E-state index contributed by atoms with van der Waals surface area (Å²) in [6.45, 7) is 2.17. The van der Waals surface area contributed by atoms with Gasteiger partial charge in [0.1, 0.15) is 22.2 Å². The van der Waals surface area contributed by atoms with Crippen molar-refractivity contribution in [3.05, 3.63) is 29.0 Å². The number of hydrogen-bond acceptors (Lipinski definition) is 2. The molecule has 2 nitrogen and oxygen atoms in total. The average Bonchev–Trinajstić information content (AvgIpc) is 2.97. The van der Waals surface area contributed by atoms with E-state index in [1.165, 1.54) is 31.7 Å². The first kappa shape index (κ1) is 15.1. The second-order valence-corrected chi connectivity index (χ2v) is 6.84. The van der Waals surface area contributed by atoms with Crippen molar-refractivity contribution in [1.82, 2.24) is 5.32 Å². The van der Waals surface area contributed by atoms with Crippen molar-refractivity contribution in [2.45, 2.75) is 50.5 Å². The van der Waals surface area contributed by atoms with E-state index < -0.39 is 5.82 Å². The Bertz CT molecular complexity index is 482. The van der Waals surface area contributed by atoms with E-state index in [0.717, 1.165) is 32.4 Å². The highest BCUT2D eigenvalue weighted by molar-refractivity contribution is 6.32. The molecule has 2 fully saturated rings. The van der Waals surface area contributed by atoms with Crippen molar-refractivity contribution in [3.8, 4) is 5.75 Å². The molecule has 4 heteroatoms. The fourth-order valence-electron chi connectivity index (χ4n) is 3.75. The maximum atomic E-state index is 13.6. The Morgan fingerprint density at radius 1 is 1.29 bits per heavy atom. The van der Waals surface area contributed by atoms with Crippen molar-refractivity contribution in [3.63, 3.8) is 0 Å². The molecular weight excluding hydrogens is 289 g/mol. The lowest BCUT2D eigenvalue weighted by atomic mass is 9.78. The lowest BCUT2D eigenvalue weighted by molar-refractivity contribution is 0.00910. The Morgan fingerprint density at radius 3 is 2.81 bits per heavy atom. The molecule has 0 aromatic heterocycles. The van der Waals surface area contributed by atoms with Gasteiger partial charge in [-0.25, -0.2) is 4.39 Å². The molecule has 21 heavy (non-hydrogen) atoms. The summed E-state index contributed by atoms with van der Waals surface area (Å²) < 4.78 is 20.0. The molecule has 1 aliphatic carbocycles. The topological polar surface area (TPSA) is 21.3 Å². The minimum absolute atomic E-state index is 0.118. The molecule has 0 amide bonds. The van der Waals surface area contributed by atoms with Gasteiger partial charge in [0, 0.05) is 0 Å². The molecule has 116 valence electrons. The normalized spacial score (nSPS) is 25.0. The van der Waals surface area contributed by atoms with Crippen LogP contribution in [0.5, 0.6) is 5.75 Å². The van der Waals surface area contributed by atoms with Crippen LogP contribution in [0.1, 0.15) is 44.9 Å². The van der Waals surface area contributed by atoms with Crippen LogP contribution in [-0.2, 0) is 0 Å². The van der Waals surface area contributed by atoms with Crippen LogP contribution in [0, 0.1) is 11.7 Å². The zero-order valence-corrected chi connectivity index (χ0v) is 13.1. The fraction of sp³-hybridized carbons (Fsp3) is 0.647. The maximum Gasteiger partial charge on any atom is 0.145 e. The molecule has 1 heterocycles. The lowest BCUT2D eigenvalue weighted by Gasteiger charge is -2.39. The van der Waals surface area contributed by atoms with Crippen LogP contribution in [0.4, 0.5) is 4.39 Å². The third kappa shape index (κ3) is 3.51. The summed E-state index contributed by atoms with van der Waals surface area (Å²) in [6.07, 6.45) is 8.01. The molecule has 2 aliphatic rings. The second kappa shape index (κ2) is 6.53. The maximum absolute atomic E-state index is 13.6. The molecule has 1 atom stereocenters. The van der Waals surface area contributed by atoms with E-state index >= 15 is 0 Å². The van der Waals surface area contributed by atoms with Crippen LogP contribution in [0.2, 0.25) is 5.02 Å². The van der Waals surface area contributed by atoms with Crippen LogP contribution >= 0.6 is 11.6 Å². The summed E-state index contributed by atoms with van der Waals surface area (Å²) in [7, 11) is 0. The van der Waals surface area contributed by atoms with Gasteiger partial charge in [0.2, 0.25) is 0 Å². The SMILES string of the molecule is Fc1cccc(OC2(CC3CCNC3)CCCCC2)c1Cl. The van der Waals surface area contributed by atoms with E-state index in [1.807, 2.05) is 0 Å². The molecule has 0 radical (unpaired) electrons. The molecule has 1 N–H and O–H groups in total. The summed E-state index contributed by atoms with van der Waals surface area (Å²) in [5.41, 5.74) is -0.160. The minimum atomic E-state index is -0.400. The fourth-order valence-corrected chi connectivity index (χ4v) is 3.92. The van der Waals surface area contributed by atoms with Crippen LogP contribution in [0.3, 0.4) is 0 Å². The van der Waals surface area contributed by atoms with Crippen molar-refractivity contribution < 1.29 is 9.13 Å². The standard InChI is InChI=1S/C17H23ClFNO/c18-16-14(19)5-4-6-15(16)21-17(8-2-1-3-9-17)11-13-7-10-20-12-13/h4-6,13,20H,1-3,7-12H2. The first-order valence-electron chi connectivity index (χ1n) is 8.02. The van der Waals surface area contributed by atoms with E-state index in [1.54, 1.807) is 12.1 Å². The molecule has 1 saturated heterocycles. The number of nitrogens with one attached hydrogen (secondary N) is 1. The molecule has 1 unspecified atom stereocenters. The van der Waals surface area contributed by atoms with Gasteiger partial charge in [-0.15, -0.1) is 0 Å². The van der Waals surface area contributed by atoms with E-state index in [-0.39, 0.29) is 10.6 Å². The second-order valence-electron chi connectivity index (χ2n) is 6.46. The summed E-state index contributed by atoms with van der Waals surface area (Å²) in [6, 6.07) is 4.84. The van der Waals surface area contributed by atoms with Crippen LogP contribution < -0.4 is 10.1 Å². The molecule has 1 saturated carbocycles. The summed E-state index contributed by atoms with van der Waals surface area (Å²) >= 11 is 6.08. The highest BCUT2D eigenvalue weighted by atomic mass is 35.5. The van der Waals surface area contributed by atoms with Gasteiger partial charge in [0.15, 0.2) is 0 Å². The van der Waals surface area contributed by atoms with Crippen molar-refractivity contribution in [2.75, 3.05) is 13.1 Å². The van der Waals surface area contributed by atoms with Gasteiger partial charge in [0.25, 0.3) is 0 Å². The molecule has 1 aliphatic heterocycles. The Hall–Kier alpha value is -0.800. The van der Waals surface area contributed by atoms with Crippen molar-refractivity contribution in [2.24, 2.45) is 5.92 Å². The van der Waals surface area contributed by atoms with Gasteiger partial charge in [-0.05, 0) is 69.7 Å². The van der Waals surface area contributed by atoms with E-state index in [9.17, 15) is 4.39 Å². The van der Waals surface area contributed by atoms with Gasteiger partial charge in [0.05, 0.1) is 0 Å². The number of hydrogen-bond donors (Lipinski definition) is 1. The van der Waals surface area contributed by atoms with Gasteiger partial charge in [-0.3, -0.25) is 0 Å². The van der Waals surface area contributed by atoms with E-state index in [4.69, 9.17) is 16.3 Å². The molecular formula is C17H23ClFNO. The zero-order valence-electron chi connectivity index (χ0n) is 12.3. The number of benzene rings is 1. The first-order valence-corrected chi connectivity index (χ1v) is 8.40. The molecule has 1 aromatic carbocycles. The minimum Gasteiger partial charge on any atom is -0.486 e. The monoisotopic (exact) mass is 311 g/mol. The third-order valence-electron chi connectivity index (χ3n) is 4.83. The largest absolute Gasteiger partial charge is 0.486 e. The zero-order chi connectivity index (χ0) is 14.7. The number of halogens is 2. The average molecular weight is 312 g/mol. The van der Waals surface area contributed by atoms with E-state index in [2.05, 4.69) is 5.32 Å². The van der Waals surface area contributed by atoms with Crippen LogP contribution in [-0.4, -0.2) is 18.7 Å². The van der Waals surface area contributed by atoms with Gasteiger partial charge in [-0.2, -0.15) is 0 Å². The van der Waals surface area contributed by atoms with E-state index in [0.29, 0.717) is 11.7 Å². The molecule has 0 spiro atoms. The molecule has 0 bridgehead atoms. The highest BCUT2D eigenvalue weighted by Crippen LogP contribution is 2.41. The van der Waals surface area contributed by atoms with Crippen LogP contribution in [0.25, 0.3) is 0 Å². The predicted molar refractivity (Wildman–Crippen MR) is 83.4 cm³/mol. The van der Waals surface area contributed by atoms with Crippen molar-refractivity contribution in [1.29, 1.82) is 0 Å². The third-order valence-corrected chi connectivity index (χ3v) is 5.20.